The highest BCUT2D eigenvalue weighted by Crippen LogP contribution is 2.20. The summed E-state index contributed by atoms with van der Waals surface area (Å²) in [7, 11) is 0. The van der Waals surface area contributed by atoms with E-state index < -0.39 is 5.82 Å². The van der Waals surface area contributed by atoms with Gasteiger partial charge in [0.25, 0.3) is 5.91 Å². The molecular formula is C15H17FN2OS. The lowest BCUT2D eigenvalue weighted by molar-refractivity contribution is 0.0951. The minimum atomic E-state index is -0.401. The average Bonchev–Trinajstić information content (AvgIpc) is 2.96. The van der Waals surface area contributed by atoms with Gasteiger partial charge in [0.2, 0.25) is 0 Å². The highest BCUT2D eigenvalue weighted by molar-refractivity contribution is 7.09. The molecule has 0 aliphatic heterocycles. The van der Waals surface area contributed by atoms with Crippen LogP contribution in [0.1, 0.15) is 28.6 Å². The van der Waals surface area contributed by atoms with E-state index in [-0.39, 0.29) is 11.6 Å². The van der Waals surface area contributed by atoms with Crippen LogP contribution in [0.2, 0.25) is 0 Å². The molecule has 2 rings (SSSR count). The Morgan fingerprint density at radius 2 is 2.15 bits per heavy atom. The molecule has 1 heterocycles. The minimum Gasteiger partial charge on any atom is -0.382 e. The summed E-state index contributed by atoms with van der Waals surface area (Å²) in [6, 6.07) is 8.42. The Balaban J connectivity index is 2.10. The van der Waals surface area contributed by atoms with Gasteiger partial charge in [-0.15, -0.1) is 11.3 Å². The van der Waals surface area contributed by atoms with Gasteiger partial charge >= 0.3 is 0 Å². The van der Waals surface area contributed by atoms with Crippen LogP contribution < -0.4 is 10.6 Å². The minimum absolute atomic E-state index is 0.267. The Labute approximate surface area is 121 Å². The van der Waals surface area contributed by atoms with Crippen LogP contribution in [0.25, 0.3) is 0 Å². The van der Waals surface area contributed by atoms with Gasteiger partial charge < -0.3 is 10.6 Å². The van der Waals surface area contributed by atoms with Crippen molar-refractivity contribution in [2.24, 2.45) is 0 Å². The number of halogens is 1. The Kier molecular flexibility index (Phi) is 5.12. The predicted molar refractivity (Wildman–Crippen MR) is 80.7 cm³/mol. The van der Waals surface area contributed by atoms with Crippen LogP contribution >= 0.6 is 11.3 Å². The second-order valence-corrected chi connectivity index (χ2v) is 5.38. The Bertz CT molecular complexity index is 569. The average molecular weight is 292 g/mol. The lowest BCUT2D eigenvalue weighted by Crippen LogP contribution is -2.24. The van der Waals surface area contributed by atoms with Crippen molar-refractivity contribution in [1.29, 1.82) is 0 Å². The second-order valence-electron chi connectivity index (χ2n) is 4.35. The molecular weight excluding hydrogens is 275 g/mol. The highest BCUT2D eigenvalue weighted by Gasteiger charge is 2.14. The van der Waals surface area contributed by atoms with E-state index in [0.717, 1.165) is 11.3 Å². The number of rotatable bonds is 6. The summed E-state index contributed by atoms with van der Waals surface area (Å²) in [6.45, 7) is 3.08. The van der Waals surface area contributed by atoms with E-state index in [2.05, 4.69) is 10.6 Å². The first-order valence-electron chi connectivity index (χ1n) is 6.55. The van der Waals surface area contributed by atoms with Gasteiger partial charge in [0, 0.05) is 11.4 Å². The number of amides is 1. The molecule has 0 radical (unpaired) electrons. The van der Waals surface area contributed by atoms with E-state index in [9.17, 15) is 9.18 Å². The fourth-order valence-corrected chi connectivity index (χ4v) is 2.46. The summed E-state index contributed by atoms with van der Waals surface area (Å²) >= 11 is 1.58. The van der Waals surface area contributed by atoms with E-state index in [0.29, 0.717) is 18.7 Å². The molecule has 0 bridgehead atoms. The van der Waals surface area contributed by atoms with Crippen molar-refractivity contribution >= 4 is 22.9 Å². The molecule has 106 valence electrons. The third-order valence-electron chi connectivity index (χ3n) is 2.81. The number of thiophene rings is 1. The molecule has 0 saturated heterocycles. The largest absolute Gasteiger partial charge is 0.382 e. The van der Waals surface area contributed by atoms with Crippen molar-refractivity contribution in [3.8, 4) is 0 Å². The summed E-state index contributed by atoms with van der Waals surface area (Å²) in [6.07, 6.45) is 0.866. The van der Waals surface area contributed by atoms with Crippen molar-refractivity contribution in [1.82, 2.24) is 5.32 Å². The quantitative estimate of drug-likeness (QED) is 0.853. The van der Waals surface area contributed by atoms with Gasteiger partial charge in [0.1, 0.15) is 5.82 Å². The summed E-state index contributed by atoms with van der Waals surface area (Å²) in [5, 5.41) is 7.74. The molecule has 0 unspecified atom stereocenters. The van der Waals surface area contributed by atoms with Crippen molar-refractivity contribution in [2.45, 2.75) is 19.9 Å². The van der Waals surface area contributed by atoms with Crippen LogP contribution in [0.3, 0.4) is 0 Å². The third-order valence-corrected chi connectivity index (χ3v) is 3.69. The van der Waals surface area contributed by atoms with Crippen molar-refractivity contribution in [3.05, 3.63) is 52.0 Å². The molecule has 5 heteroatoms. The van der Waals surface area contributed by atoms with Gasteiger partial charge in [-0.1, -0.05) is 19.1 Å². The normalized spacial score (nSPS) is 10.3. The van der Waals surface area contributed by atoms with Gasteiger partial charge in [-0.2, -0.15) is 0 Å². The molecule has 3 nitrogen and oxygen atoms in total. The fraction of sp³-hybridized carbons (Fsp3) is 0.267. The molecule has 0 aliphatic rings. The number of anilines is 1. The molecule has 1 aromatic carbocycles. The smallest absolute Gasteiger partial charge is 0.253 e. The van der Waals surface area contributed by atoms with Gasteiger partial charge in [-0.25, -0.2) is 4.39 Å². The molecule has 2 aromatic rings. The molecule has 1 aromatic heterocycles. The number of carbonyl (C=O) groups excluding carboxylic acids is 1. The van der Waals surface area contributed by atoms with E-state index in [1.165, 1.54) is 6.07 Å². The van der Waals surface area contributed by atoms with Gasteiger partial charge in [-0.3, -0.25) is 4.79 Å². The summed E-state index contributed by atoms with van der Waals surface area (Å²) in [4.78, 5) is 13.2. The van der Waals surface area contributed by atoms with Gasteiger partial charge in [0.05, 0.1) is 17.8 Å². The van der Waals surface area contributed by atoms with Crippen LogP contribution in [0, 0.1) is 5.82 Å². The first-order valence-corrected chi connectivity index (χ1v) is 7.43. The first kappa shape index (κ1) is 14.5. The molecule has 0 aliphatic carbocycles. The topological polar surface area (TPSA) is 41.1 Å². The number of nitrogens with one attached hydrogen (secondary N) is 2. The van der Waals surface area contributed by atoms with Crippen LogP contribution in [0.15, 0.2) is 35.7 Å². The van der Waals surface area contributed by atoms with Crippen molar-refractivity contribution < 1.29 is 9.18 Å². The monoisotopic (exact) mass is 292 g/mol. The van der Waals surface area contributed by atoms with Crippen LogP contribution in [-0.2, 0) is 6.54 Å². The maximum Gasteiger partial charge on any atom is 0.253 e. The van der Waals surface area contributed by atoms with E-state index >= 15 is 0 Å². The zero-order chi connectivity index (χ0) is 14.4. The summed E-state index contributed by atoms with van der Waals surface area (Å²) in [5.74, 6) is -0.668. The fourth-order valence-electron chi connectivity index (χ4n) is 1.82. The number of carbonyl (C=O) groups is 1. The number of benzene rings is 1. The first-order chi connectivity index (χ1) is 9.72. The van der Waals surface area contributed by atoms with Gasteiger partial charge in [0.15, 0.2) is 0 Å². The van der Waals surface area contributed by atoms with Crippen molar-refractivity contribution in [3.63, 3.8) is 0 Å². The number of hydrogen-bond acceptors (Lipinski definition) is 3. The van der Waals surface area contributed by atoms with Crippen molar-refractivity contribution in [2.75, 3.05) is 11.9 Å². The lowest BCUT2D eigenvalue weighted by Gasteiger charge is -2.12. The standard InChI is InChI=1S/C15H17FN2OS/c1-2-8-17-14-12(6-3-7-13(14)16)15(19)18-10-11-5-4-9-20-11/h3-7,9,17H,2,8,10H2,1H3,(H,18,19). The zero-order valence-corrected chi connectivity index (χ0v) is 12.1. The molecule has 0 atom stereocenters. The third kappa shape index (κ3) is 3.57. The molecule has 2 N–H and O–H groups in total. The maximum absolute atomic E-state index is 13.8. The molecule has 0 fully saturated rings. The SMILES string of the molecule is CCCNc1c(F)cccc1C(=O)NCc1cccs1. The Morgan fingerprint density at radius 1 is 1.30 bits per heavy atom. The number of para-hydroxylation sites is 1. The Morgan fingerprint density at radius 3 is 2.85 bits per heavy atom. The summed E-state index contributed by atoms with van der Waals surface area (Å²) in [5.41, 5.74) is 0.619. The molecule has 1 amide bonds. The predicted octanol–water partition coefficient (Wildman–Crippen LogP) is 3.64. The number of hydrogen-bond donors (Lipinski definition) is 2. The van der Waals surface area contributed by atoms with Gasteiger partial charge in [-0.05, 0) is 30.0 Å². The maximum atomic E-state index is 13.8. The zero-order valence-electron chi connectivity index (χ0n) is 11.3. The molecule has 0 spiro atoms. The second kappa shape index (κ2) is 7.05. The van der Waals surface area contributed by atoms with E-state index in [4.69, 9.17) is 0 Å². The van der Waals surface area contributed by atoms with Crippen LogP contribution in [0.4, 0.5) is 10.1 Å². The molecule has 0 saturated carbocycles. The highest BCUT2D eigenvalue weighted by atomic mass is 32.1. The Hall–Kier alpha value is -1.88. The lowest BCUT2D eigenvalue weighted by atomic mass is 10.1. The van der Waals surface area contributed by atoms with E-state index in [1.54, 1.807) is 23.5 Å². The van der Waals surface area contributed by atoms with Crippen LogP contribution in [-0.4, -0.2) is 12.5 Å². The van der Waals surface area contributed by atoms with E-state index in [1.807, 2.05) is 24.4 Å². The summed E-state index contributed by atoms with van der Waals surface area (Å²) < 4.78 is 13.8. The molecule has 20 heavy (non-hydrogen) atoms. The van der Waals surface area contributed by atoms with Crippen LogP contribution in [0.5, 0.6) is 0 Å².